The first-order valence-electron chi connectivity index (χ1n) is 5.28. The lowest BCUT2D eigenvalue weighted by Crippen LogP contribution is -2.03. The topological polar surface area (TPSA) is 93.3 Å². The standard InChI is InChI=1S/C12H12N2O3/c13-10-5-8(3-4-11(16)17)14-12(7-1-2-7)9(10)6-15/h3-7H,1-2H2,(H2,13,14)(H,16,17). The maximum Gasteiger partial charge on any atom is 0.328 e. The number of carboxylic acids is 1. The van der Waals surface area contributed by atoms with E-state index in [1.165, 1.54) is 12.1 Å². The number of rotatable bonds is 4. The lowest BCUT2D eigenvalue weighted by atomic mass is 10.1. The van der Waals surface area contributed by atoms with Gasteiger partial charge in [-0.3, -0.25) is 9.78 Å². The van der Waals surface area contributed by atoms with E-state index in [-0.39, 0.29) is 5.92 Å². The highest BCUT2D eigenvalue weighted by molar-refractivity contribution is 5.88. The third-order valence-corrected chi connectivity index (χ3v) is 2.62. The zero-order chi connectivity index (χ0) is 12.4. The number of aldehydes is 1. The van der Waals surface area contributed by atoms with Crippen LogP contribution in [0.15, 0.2) is 12.1 Å². The van der Waals surface area contributed by atoms with E-state index in [4.69, 9.17) is 10.8 Å². The van der Waals surface area contributed by atoms with E-state index in [0.717, 1.165) is 18.9 Å². The number of hydrogen-bond donors (Lipinski definition) is 2. The molecule has 0 atom stereocenters. The van der Waals surface area contributed by atoms with Gasteiger partial charge in [0.05, 0.1) is 17.0 Å². The first kappa shape index (κ1) is 11.3. The average Bonchev–Trinajstić information content (AvgIpc) is 3.09. The van der Waals surface area contributed by atoms with Crippen LogP contribution in [0, 0.1) is 0 Å². The van der Waals surface area contributed by atoms with Crippen molar-refractivity contribution in [2.75, 3.05) is 5.73 Å². The van der Waals surface area contributed by atoms with Gasteiger partial charge in [0.2, 0.25) is 0 Å². The van der Waals surface area contributed by atoms with Crippen molar-refractivity contribution < 1.29 is 14.7 Å². The average molecular weight is 232 g/mol. The molecule has 0 aromatic carbocycles. The van der Waals surface area contributed by atoms with Gasteiger partial charge in [-0.1, -0.05) is 0 Å². The Hall–Kier alpha value is -2.17. The van der Waals surface area contributed by atoms with Crippen molar-refractivity contribution in [1.29, 1.82) is 0 Å². The molecule has 1 aliphatic carbocycles. The zero-order valence-corrected chi connectivity index (χ0v) is 9.09. The number of nitrogens with zero attached hydrogens (tertiary/aromatic N) is 1. The Morgan fingerprint density at radius 2 is 2.24 bits per heavy atom. The van der Waals surface area contributed by atoms with Crippen LogP contribution in [0.5, 0.6) is 0 Å². The van der Waals surface area contributed by atoms with Crippen LogP contribution in [-0.2, 0) is 4.79 Å². The molecule has 0 unspecified atom stereocenters. The van der Waals surface area contributed by atoms with Gasteiger partial charge in [0, 0.05) is 17.7 Å². The van der Waals surface area contributed by atoms with Crippen LogP contribution in [-0.4, -0.2) is 22.3 Å². The fourth-order valence-corrected chi connectivity index (χ4v) is 1.65. The van der Waals surface area contributed by atoms with Gasteiger partial charge in [0.1, 0.15) is 0 Å². The lowest BCUT2D eigenvalue weighted by Gasteiger charge is -2.07. The molecule has 0 bridgehead atoms. The van der Waals surface area contributed by atoms with E-state index in [2.05, 4.69) is 4.98 Å². The Balaban J connectivity index is 2.42. The summed E-state index contributed by atoms with van der Waals surface area (Å²) in [4.78, 5) is 25.6. The molecule has 1 aromatic rings. The molecule has 0 aliphatic heterocycles. The van der Waals surface area contributed by atoms with Gasteiger partial charge >= 0.3 is 5.97 Å². The quantitative estimate of drug-likeness (QED) is 0.605. The van der Waals surface area contributed by atoms with E-state index in [1.54, 1.807) is 0 Å². The Morgan fingerprint density at radius 1 is 1.53 bits per heavy atom. The summed E-state index contributed by atoms with van der Waals surface area (Å²) in [5.41, 5.74) is 7.69. The summed E-state index contributed by atoms with van der Waals surface area (Å²) >= 11 is 0. The molecule has 0 radical (unpaired) electrons. The van der Waals surface area contributed by atoms with Crippen LogP contribution in [0.25, 0.3) is 6.08 Å². The highest BCUT2D eigenvalue weighted by atomic mass is 16.4. The maximum absolute atomic E-state index is 10.9. The fourth-order valence-electron chi connectivity index (χ4n) is 1.65. The molecule has 0 spiro atoms. The molecule has 1 aromatic heterocycles. The molecule has 1 heterocycles. The second kappa shape index (κ2) is 4.37. The van der Waals surface area contributed by atoms with Crippen LogP contribution in [0.2, 0.25) is 0 Å². The monoisotopic (exact) mass is 232 g/mol. The van der Waals surface area contributed by atoms with Crippen LogP contribution >= 0.6 is 0 Å². The highest BCUT2D eigenvalue weighted by Gasteiger charge is 2.28. The first-order chi connectivity index (χ1) is 8.11. The van der Waals surface area contributed by atoms with Crippen LogP contribution in [0.1, 0.15) is 40.5 Å². The molecule has 2 rings (SSSR count). The molecule has 1 aliphatic rings. The van der Waals surface area contributed by atoms with Crippen molar-refractivity contribution in [3.8, 4) is 0 Å². The molecule has 5 nitrogen and oxygen atoms in total. The number of pyridine rings is 1. The maximum atomic E-state index is 10.9. The number of carbonyl (C=O) groups excluding carboxylic acids is 1. The Morgan fingerprint density at radius 3 is 2.76 bits per heavy atom. The predicted molar refractivity (Wildman–Crippen MR) is 62.7 cm³/mol. The summed E-state index contributed by atoms with van der Waals surface area (Å²) in [5.74, 6) is -0.756. The SMILES string of the molecule is Nc1cc(C=CC(=O)O)nc(C2CC2)c1C=O. The number of anilines is 1. The molecular formula is C12H12N2O3. The molecule has 3 N–H and O–H groups in total. The fraction of sp³-hybridized carbons (Fsp3) is 0.250. The van der Waals surface area contributed by atoms with Crippen LogP contribution in [0.3, 0.4) is 0 Å². The minimum Gasteiger partial charge on any atom is -0.478 e. The van der Waals surface area contributed by atoms with Crippen molar-refractivity contribution in [1.82, 2.24) is 4.98 Å². The molecule has 0 amide bonds. The molecule has 1 saturated carbocycles. The molecular weight excluding hydrogens is 220 g/mol. The van der Waals surface area contributed by atoms with Gasteiger partial charge in [0.25, 0.3) is 0 Å². The number of aromatic nitrogens is 1. The summed E-state index contributed by atoms with van der Waals surface area (Å²) in [6, 6.07) is 1.51. The molecule has 88 valence electrons. The van der Waals surface area contributed by atoms with Gasteiger partial charge in [-0.05, 0) is 25.0 Å². The predicted octanol–water partition coefficient (Wildman–Crippen LogP) is 1.45. The molecule has 5 heteroatoms. The number of nitrogen functional groups attached to an aromatic ring is 1. The summed E-state index contributed by atoms with van der Waals surface area (Å²) in [6.07, 6.45) is 5.08. The third-order valence-electron chi connectivity index (χ3n) is 2.62. The van der Waals surface area contributed by atoms with Crippen LogP contribution in [0.4, 0.5) is 5.69 Å². The number of hydrogen-bond acceptors (Lipinski definition) is 4. The van der Waals surface area contributed by atoms with E-state index < -0.39 is 5.97 Å². The first-order valence-corrected chi connectivity index (χ1v) is 5.28. The van der Waals surface area contributed by atoms with Crippen molar-refractivity contribution in [3.63, 3.8) is 0 Å². The summed E-state index contributed by atoms with van der Waals surface area (Å²) < 4.78 is 0. The van der Waals surface area contributed by atoms with Crippen molar-refractivity contribution in [3.05, 3.63) is 29.1 Å². The lowest BCUT2D eigenvalue weighted by molar-refractivity contribution is -0.131. The second-order valence-electron chi connectivity index (χ2n) is 4.00. The van der Waals surface area contributed by atoms with Crippen molar-refractivity contribution in [2.24, 2.45) is 0 Å². The largest absolute Gasteiger partial charge is 0.478 e. The smallest absolute Gasteiger partial charge is 0.328 e. The number of nitrogens with two attached hydrogens (primary N) is 1. The number of carboxylic acid groups (broad SMARTS) is 1. The van der Waals surface area contributed by atoms with E-state index in [1.807, 2.05) is 0 Å². The van der Waals surface area contributed by atoms with Gasteiger partial charge in [0.15, 0.2) is 6.29 Å². The summed E-state index contributed by atoms with van der Waals surface area (Å²) in [7, 11) is 0. The van der Waals surface area contributed by atoms with Crippen molar-refractivity contribution in [2.45, 2.75) is 18.8 Å². The van der Waals surface area contributed by atoms with Gasteiger partial charge < -0.3 is 10.8 Å². The van der Waals surface area contributed by atoms with Crippen LogP contribution < -0.4 is 5.73 Å². The van der Waals surface area contributed by atoms with Gasteiger partial charge in [-0.25, -0.2) is 4.79 Å². The Kier molecular flexibility index (Phi) is 2.91. The van der Waals surface area contributed by atoms with E-state index >= 15 is 0 Å². The van der Waals surface area contributed by atoms with Crippen molar-refractivity contribution >= 4 is 24.0 Å². The Bertz CT molecular complexity index is 505. The Labute approximate surface area is 98.0 Å². The third kappa shape index (κ3) is 2.50. The summed E-state index contributed by atoms with van der Waals surface area (Å²) in [5, 5.41) is 8.53. The highest BCUT2D eigenvalue weighted by Crippen LogP contribution is 2.41. The minimum absolute atomic E-state index is 0.288. The van der Waals surface area contributed by atoms with E-state index in [0.29, 0.717) is 28.9 Å². The molecule has 17 heavy (non-hydrogen) atoms. The van der Waals surface area contributed by atoms with E-state index in [9.17, 15) is 9.59 Å². The normalized spacial score (nSPS) is 15.1. The minimum atomic E-state index is -1.04. The zero-order valence-electron chi connectivity index (χ0n) is 9.09. The van der Waals surface area contributed by atoms with Gasteiger partial charge in [-0.15, -0.1) is 0 Å². The molecule has 0 saturated heterocycles. The number of carbonyl (C=O) groups is 2. The summed E-state index contributed by atoms with van der Waals surface area (Å²) in [6.45, 7) is 0. The number of aliphatic carboxylic acids is 1. The van der Waals surface area contributed by atoms with Gasteiger partial charge in [-0.2, -0.15) is 0 Å². The second-order valence-corrected chi connectivity index (χ2v) is 4.00. The molecule has 1 fully saturated rings.